The maximum absolute atomic E-state index is 15.5. The lowest BCUT2D eigenvalue weighted by Crippen LogP contribution is -2.38. The highest BCUT2D eigenvalue weighted by molar-refractivity contribution is 7.89. The van der Waals surface area contributed by atoms with Gasteiger partial charge in [-0.05, 0) is 70.3 Å². The number of alkyl halides is 4. The molecule has 0 aliphatic heterocycles. The predicted molar refractivity (Wildman–Crippen MR) is 213 cm³/mol. The minimum absolute atomic E-state index is 0.0117. The zero-order valence-electron chi connectivity index (χ0n) is 32.0. The first-order chi connectivity index (χ1) is 29.4. The molecule has 1 fully saturated rings. The van der Waals surface area contributed by atoms with Crippen LogP contribution in [0.25, 0.3) is 27.7 Å². The summed E-state index contributed by atoms with van der Waals surface area (Å²) in [6.07, 6.45) is -1.52. The van der Waals surface area contributed by atoms with Gasteiger partial charge in [-0.2, -0.15) is 18.3 Å². The van der Waals surface area contributed by atoms with Crippen molar-refractivity contribution in [3.8, 4) is 16.8 Å². The van der Waals surface area contributed by atoms with Crippen LogP contribution in [-0.4, -0.2) is 53.9 Å². The van der Waals surface area contributed by atoms with E-state index in [0.29, 0.717) is 10.7 Å². The lowest BCUT2D eigenvalue weighted by molar-refractivity contribution is -0.123. The highest BCUT2D eigenvalue weighted by Gasteiger charge is 2.67. The monoisotopic (exact) mass is 903 g/mol. The number of hydrogen-bond acceptors (Lipinski definition) is 8. The van der Waals surface area contributed by atoms with Gasteiger partial charge in [-0.3, -0.25) is 18.8 Å². The Morgan fingerprint density at radius 3 is 2.47 bits per heavy atom. The topological polar surface area (TPSA) is 168 Å². The third kappa shape index (κ3) is 7.61. The molecule has 0 saturated heterocycles. The van der Waals surface area contributed by atoms with Gasteiger partial charge < -0.3 is 20.9 Å². The Labute approximate surface area is 353 Å². The minimum atomic E-state index is -3.58. The Balaban J connectivity index is 1.34. The summed E-state index contributed by atoms with van der Waals surface area (Å²) >= 11 is 4.73. The van der Waals surface area contributed by atoms with Gasteiger partial charge in [0.1, 0.15) is 41.6 Å². The summed E-state index contributed by atoms with van der Waals surface area (Å²) in [5, 5.41) is 9.10. The third-order valence-electron chi connectivity index (χ3n) is 10.6. The number of benzene rings is 3. The molecule has 8 rings (SSSR count). The molecular formula is C40H30ClF8N9O3S. The maximum Gasteiger partial charge on any atom is 0.293 e. The summed E-state index contributed by atoms with van der Waals surface area (Å²) in [4.78, 5) is 37.1. The number of nitrogens with zero attached hydrogens (tertiary/aromatic N) is 6. The summed E-state index contributed by atoms with van der Waals surface area (Å²) in [6.45, 7) is -1.03. The molecule has 0 bridgehead atoms. The van der Waals surface area contributed by atoms with Gasteiger partial charge in [0.2, 0.25) is 11.9 Å². The van der Waals surface area contributed by atoms with E-state index >= 15 is 8.78 Å². The van der Waals surface area contributed by atoms with Crippen LogP contribution >= 0.6 is 11.6 Å². The maximum atomic E-state index is 15.5. The van der Waals surface area contributed by atoms with Crippen molar-refractivity contribution < 1.29 is 44.5 Å². The molecule has 1 saturated carbocycles. The van der Waals surface area contributed by atoms with E-state index in [1.54, 1.807) is 0 Å². The number of carbonyl (C=O) groups excluding carboxylic acids is 1. The van der Waals surface area contributed by atoms with Crippen LogP contribution in [0.2, 0.25) is 5.02 Å². The van der Waals surface area contributed by atoms with E-state index in [4.69, 9.17) is 22.3 Å². The second-order valence-corrected chi connectivity index (χ2v) is 16.0. The van der Waals surface area contributed by atoms with Gasteiger partial charge in [-0.15, -0.1) is 0 Å². The minimum Gasteiger partial charge on any atom is -0.591 e. The molecule has 3 aromatic heterocycles. The van der Waals surface area contributed by atoms with Gasteiger partial charge in [-0.1, -0.05) is 17.7 Å². The number of rotatable bonds is 12. The highest BCUT2D eigenvalue weighted by atomic mass is 35.5. The number of anilines is 1. The number of hydrogen-bond donors (Lipinski definition) is 3. The Kier molecular flexibility index (Phi) is 11.0. The van der Waals surface area contributed by atoms with Gasteiger partial charge in [0, 0.05) is 42.8 Å². The van der Waals surface area contributed by atoms with Crippen molar-refractivity contribution in [3.05, 3.63) is 133 Å². The number of carbonyl (C=O) groups is 1. The van der Waals surface area contributed by atoms with Crippen LogP contribution < -0.4 is 21.9 Å². The number of amides is 1. The van der Waals surface area contributed by atoms with E-state index in [9.17, 15) is 40.5 Å². The number of nitrogens with one attached hydrogen (secondary N) is 2. The second-order valence-electron chi connectivity index (χ2n) is 14.6. The standard InChI is InChI=1S/C40H30ClF8N9O3S/c1-51-32-28(6-5-24(41)31(32)37(50)56-62(2)61)58-38(54-26-11-17(3-4-21(26)39(58)60)18-10-25(44)36(47)52-14-18)27(9-16-7-19(42)12-20(43)8-16)53-29(59)15-57-34-30(33(55-57)35(45)46)22-13-23(22)40(34,48)49/h3-8,10-12,14,22-23,27,35,51H,9,13,15H2,1-2H3,(H2,50,56)(H,53,59). The third-order valence-corrected chi connectivity index (χ3v) is 11.4. The molecule has 4 N–H and O–H groups in total. The molecule has 22 heteroatoms. The van der Waals surface area contributed by atoms with Crippen molar-refractivity contribution in [2.75, 3.05) is 18.6 Å². The van der Waals surface area contributed by atoms with Gasteiger partial charge in [0.15, 0.2) is 11.7 Å². The molecule has 6 aromatic rings. The molecule has 0 radical (unpaired) electrons. The fourth-order valence-corrected chi connectivity index (χ4v) is 8.62. The highest BCUT2D eigenvalue weighted by Crippen LogP contribution is 2.68. The van der Waals surface area contributed by atoms with Gasteiger partial charge in [0.05, 0.1) is 50.3 Å². The van der Waals surface area contributed by atoms with Crippen LogP contribution in [0.4, 0.5) is 40.8 Å². The summed E-state index contributed by atoms with van der Waals surface area (Å²) < 4.78 is 134. The smallest absolute Gasteiger partial charge is 0.293 e. The summed E-state index contributed by atoms with van der Waals surface area (Å²) in [6, 6.07) is 8.46. The van der Waals surface area contributed by atoms with Crippen LogP contribution in [-0.2, 0) is 35.0 Å². The first-order valence-electron chi connectivity index (χ1n) is 18.5. The fourth-order valence-electron chi connectivity index (χ4n) is 7.99. The Bertz CT molecular complexity index is 2890. The van der Waals surface area contributed by atoms with Crippen LogP contribution in [0.5, 0.6) is 0 Å². The van der Waals surface area contributed by atoms with Crippen molar-refractivity contribution in [1.82, 2.24) is 29.6 Å². The molecule has 4 unspecified atom stereocenters. The lowest BCUT2D eigenvalue weighted by Gasteiger charge is -2.25. The Morgan fingerprint density at radius 1 is 1.08 bits per heavy atom. The molecule has 0 spiro atoms. The first kappa shape index (κ1) is 42.6. The Morgan fingerprint density at radius 2 is 1.81 bits per heavy atom. The largest absolute Gasteiger partial charge is 0.591 e. The zero-order chi connectivity index (χ0) is 44.5. The SMILES string of the molecule is CNc1c(-n2c(C(Cc3cc(F)cc(F)c3)NC(=O)Cn3nc(C(F)F)c4c3C(F)(F)C3CC43)nc3cc(-c4cnc(F)c(F)c4)ccc3c2=O)ccc(Cl)c1C(N)=N[S+](C)[O-]. The number of halogens is 9. The number of aromatic nitrogens is 5. The molecule has 3 heterocycles. The van der Waals surface area contributed by atoms with Crippen LogP contribution in [0.1, 0.15) is 58.7 Å². The molecule has 62 heavy (non-hydrogen) atoms. The molecule has 12 nitrogen and oxygen atoms in total. The predicted octanol–water partition coefficient (Wildman–Crippen LogP) is 7.14. The summed E-state index contributed by atoms with van der Waals surface area (Å²) in [7, 11) is 1.43. The van der Waals surface area contributed by atoms with E-state index in [1.165, 1.54) is 43.6 Å². The van der Waals surface area contributed by atoms with Crippen molar-refractivity contribution in [1.29, 1.82) is 0 Å². The summed E-state index contributed by atoms with van der Waals surface area (Å²) in [5.41, 5.74) is 3.42. The zero-order valence-corrected chi connectivity index (χ0v) is 33.6. The molecule has 3 aromatic carbocycles. The van der Waals surface area contributed by atoms with Gasteiger partial charge in [-0.25, -0.2) is 31.9 Å². The molecule has 4 atom stereocenters. The number of amidine groups is 1. The second kappa shape index (κ2) is 16.0. The summed E-state index contributed by atoms with van der Waals surface area (Å²) in [5.74, 6) is -12.1. The average Bonchev–Trinajstić information content (AvgIpc) is 3.86. The molecule has 1 amide bonds. The van der Waals surface area contributed by atoms with Crippen molar-refractivity contribution >= 4 is 51.3 Å². The van der Waals surface area contributed by atoms with E-state index in [-0.39, 0.29) is 73.2 Å². The van der Waals surface area contributed by atoms with Crippen molar-refractivity contribution in [2.45, 2.75) is 43.7 Å². The van der Waals surface area contributed by atoms with Crippen molar-refractivity contribution in [2.24, 2.45) is 16.0 Å². The number of pyridine rings is 1. The number of fused-ring (bicyclic) bond motifs is 4. The average molecular weight is 904 g/mol. The lowest BCUT2D eigenvalue weighted by atomic mass is 10.0. The van der Waals surface area contributed by atoms with Crippen LogP contribution in [0.3, 0.4) is 0 Å². The fraction of sp³-hybridized carbons (Fsp3) is 0.250. The van der Waals surface area contributed by atoms with E-state index in [0.717, 1.165) is 29.0 Å². The molecule has 2 aliphatic carbocycles. The van der Waals surface area contributed by atoms with Crippen LogP contribution in [0.15, 0.2) is 70.0 Å². The van der Waals surface area contributed by atoms with E-state index in [1.807, 2.05) is 0 Å². The van der Waals surface area contributed by atoms with Gasteiger partial charge >= 0.3 is 0 Å². The van der Waals surface area contributed by atoms with Crippen molar-refractivity contribution in [3.63, 3.8) is 0 Å². The normalized spacial score (nSPS) is 17.5. The quantitative estimate of drug-likeness (QED) is 0.0383. The van der Waals surface area contributed by atoms with E-state index < -0.39 is 101 Å². The van der Waals surface area contributed by atoms with E-state index in [2.05, 4.69) is 25.1 Å². The Hall–Kier alpha value is -6.06. The first-order valence-corrected chi connectivity index (χ1v) is 20.3. The molecule has 322 valence electrons. The molecular weight excluding hydrogens is 874 g/mol. The van der Waals surface area contributed by atoms with Crippen LogP contribution in [0, 0.1) is 29.3 Å². The van der Waals surface area contributed by atoms with Gasteiger partial charge in [0.25, 0.3) is 17.9 Å². The molecule has 2 aliphatic rings. The number of nitrogens with two attached hydrogens (primary N) is 1.